The fraction of sp³-hybridized carbons (Fsp3) is 0.400. The number of ether oxygens (including phenoxy) is 1. The standard InChI is InChI=1S/C10H7F5INO2/c1-2-19-9(18)4-3-5(16)6(8(11)12)17-7(4)10(13,14)15/h3,8H,2H2,1H3. The minimum atomic E-state index is -5.02. The van der Waals surface area contributed by atoms with Gasteiger partial charge in [-0.05, 0) is 35.6 Å². The minimum Gasteiger partial charge on any atom is -0.462 e. The number of nitrogens with zero attached hydrogens (tertiary/aromatic N) is 1. The van der Waals surface area contributed by atoms with Gasteiger partial charge in [-0.1, -0.05) is 0 Å². The van der Waals surface area contributed by atoms with Crippen LogP contribution in [0.4, 0.5) is 22.0 Å². The molecule has 0 bridgehead atoms. The lowest BCUT2D eigenvalue weighted by atomic mass is 10.1. The average Bonchev–Trinajstić information content (AvgIpc) is 2.26. The summed E-state index contributed by atoms with van der Waals surface area (Å²) in [5.74, 6) is -1.25. The van der Waals surface area contributed by atoms with Crippen LogP contribution in [0.2, 0.25) is 0 Å². The summed E-state index contributed by atoms with van der Waals surface area (Å²) >= 11 is 1.39. The summed E-state index contributed by atoms with van der Waals surface area (Å²) in [6.45, 7) is 1.28. The number of carbonyl (C=O) groups is 1. The Morgan fingerprint density at radius 2 is 2.05 bits per heavy atom. The van der Waals surface area contributed by atoms with Gasteiger partial charge >= 0.3 is 12.1 Å². The minimum absolute atomic E-state index is 0.136. The lowest BCUT2D eigenvalue weighted by Gasteiger charge is -2.13. The maximum atomic E-state index is 12.7. The van der Waals surface area contributed by atoms with Crippen LogP contribution in [-0.4, -0.2) is 17.6 Å². The van der Waals surface area contributed by atoms with E-state index in [1.807, 2.05) is 0 Å². The van der Waals surface area contributed by atoms with E-state index < -0.39 is 35.5 Å². The molecule has 1 rings (SSSR count). The zero-order valence-electron chi connectivity index (χ0n) is 9.39. The van der Waals surface area contributed by atoms with Crippen LogP contribution in [0.1, 0.15) is 35.1 Å². The Morgan fingerprint density at radius 3 is 2.47 bits per heavy atom. The molecule has 1 heterocycles. The summed E-state index contributed by atoms with van der Waals surface area (Å²) in [7, 11) is 0. The number of carbonyl (C=O) groups excluding carboxylic acids is 1. The SMILES string of the molecule is CCOC(=O)c1cc(I)c(C(F)F)nc1C(F)(F)F. The van der Waals surface area contributed by atoms with Crippen LogP contribution in [-0.2, 0) is 10.9 Å². The maximum absolute atomic E-state index is 12.7. The fourth-order valence-corrected chi connectivity index (χ4v) is 1.90. The highest BCUT2D eigenvalue weighted by Crippen LogP contribution is 2.34. The molecule has 0 unspecified atom stereocenters. The number of halogens is 6. The molecule has 106 valence electrons. The average molecular weight is 395 g/mol. The normalized spacial score (nSPS) is 11.8. The molecule has 1 aromatic rings. The molecule has 0 atom stereocenters. The first-order chi connectivity index (χ1) is 8.68. The van der Waals surface area contributed by atoms with Gasteiger partial charge in [-0.15, -0.1) is 0 Å². The molecule has 0 aliphatic rings. The van der Waals surface area contributed by atoms with Gasteiger partial charge < -0.3 is 4.74 Å². The number of hydrogen-bond donors (Lipinski definition) is 0. The summed E-state index contributed by atoms with van der Waals surface area (Å²) in [6, 6.07) is 0.704. The second-order valence-corrected chi connectivity index (χ2v) is 4.43. The van der Waals surface area contributed by atoms with Crippen molar-refractivity contribution in [1.29, 1.82) is 0 Å². The van der Waals surface area contributed by atoms with E-state index in [-0.39, 0.29) is 10.2 Å². The highest BCUT2D eigenvalue weighted by atomic mass is 127. The third-order valence-corrected chi connectivity index (χ3v) is 2.84. The van der Waals surface area contributed by atoms with Crippen LogP contribution in [0, 0.1) is 3.57 Å². The van der Waals surface area contributed by atoms with Crippen LogP contribution in [0.15, 0.2) is 6.07 Å². The summed E-state index contributed by atoms with van der Waals surface area (Å²) < 4.78 is 67.4. The lowest BCUT2D eigenvalue weighted by molar-refractivity contribution is -0.142. The monoisotopic (exact) mass is 395 g/mol. The Kier molecular flexibility index (Phi) is 5.04. The molecule has 0 fully saturated rings. The van der Waals surface area contributed by atoms with Crippen LogP contribution in [0.25, 0.3) is 0 Å². The molecular weight excluding hydrogens is 388 g/mol. The van der Waals surface area contributed by atoms with Crippen molar-refractivity contribution in [3.8, 4) is 0 Å². The number of hydrogen-bond acceptors (Lipinski definition) is 3. The number of pyridine rings is 1. The molecule has 0 aromatic carbocycles. The van der Waals surface area contributed by atoms with Gasteiger partial charge in [-0.25, -0.2) is 18.6 Å². The highest BCUT2D eigenvalue weighted by molar-refractivity contribution is 14.1. The van der Waals surface area contributed by atoms with E-state index in [0.717, 1.165) is 0 Å². The molecule has 0 saturated heterocycles. The largest absolute Gasteiger partial charge is 0.462 e. The molecule has 0 amide bonds. The Morgan fingerprint density at radius 1 is 1.47 bits per heavy atom. The second kappa shape index (κ2) is 5.97. The summed E-state index contributed by atoms with van der Waals surface area (Å²) in [4.78, 5) is 14.3. The van der Waals surface area contributed by atoms with E-state index in [0.29, 0.717) is 6.07 Å². The van der Waals surface area contributed by atoms with E-state index in [9.17, 15) is 26.7 Å². The van der Waals surface area contributed by atoms with E-state index in [2.05, 4.69) is 9.72 Å². The van der Waals surface area contributed by atoms with E-state index in [1.165, 1.54) is 29.5 Å². The van der Waals surface area contributed by atoms with E-state index in [4.69, 9.17) is 0 Å². The highest BCUT2D eigenvalue weighted by Gasteiger charge is 2.39. The molecule has 3 nitrogen and oxygen atoms in total. The molecule has 0 radical (unpaired) electrons. The predicted octanol–water partition coefficient (Wildman–Crippen LogP) is 3.82. The van der Waals surface area contributed by atoms with Gasteiger partial charge in [0.1, 0.15) is 5.69 Å². The van der Waals surface area contributed by atoms with Crippen molar-refractivity contribution in [1.82, 2.24) is 4.98 Å². The lowest BCUT2D eigenvalue weighted by Crippen LogP contribution is -2.19. The van der Waals surface area contributed by atoms with Crippen molar-refractivity contribution in [3.63, 3.8) is 0 Å². The van der Waals surface area contributed by atoms with Crippen molar-refractivity contribution in [2.45, 2.75) is 19.5 Å². The first-order valence-corrected chi connectivity index (χ1v) is 5.99. The number of rotatable bonds is 3. The molecule has 1 aromatic heterocycles. The zero-order chi connectivity index (χ0) is 14.8. The quantitative estimate of drug-likeness (QED) is 0.444. The molecule has 0 saturated carbocycles. The van der Waals surface area contributed by atoms with Crippen molar-refractivity contribution >= 4 is 28.6 Å². The van der Waals surface area contributed by atoms with Crippen molar-refractivity contribution in [2.24, 2.45) is 0 Å². The van der Waals surface area contributed by atoms with Crippen molar-refractivity contribution in [3.05, 3.63) is 26.6 Å². The molecule has 0 aliphatic carbocycles. The van der Waals surface area contributed by atoms with Crippen molar-refractivity contribution < 1.29 is 31.5 Å². The Bertz CT molecular complexity index is 490. The maximum Gasteiger partial charge on any atom is 0.434 e. The molecule has 19 heavy (non-hydrogen) atoms. The van der Waals surface area contributed by atoms with Gasteiger partial charge in [-0.3, -0.25) is 0 Å². The zero-order valence-corrected chi connectivity index (χ0v) is 11.6. The van der Waals surface area contributed by atoms with Gasteiger partial charge in [0.05, 0.1) is 12.2 Å². The van der Waals surface area contributed by atoms with Gasteiger partial charge in [0.15, 0.2) is 5.69 Å². The molecule has 0 spiro atoms. The van der Waals surface area contributed by atoms with Crippen LogP contribution in [0.3, 0.4) is 0 Å². The molecular formula is C10H7F5INO2. The Hall–Kier alpha value is -1.00. The summed E-state index contributed by atoms with van der Waals surface area (Å²) in [6.07, 6.45) is -8.18. The third-order valence-electron chi connectivity index (χ3n) is 1.97. The number of esters is 1. The van der Waals surface area contributed by atoms with Crippen molar-refractivity contribution in [2.75, 3.05) is 6.61 Å². The van der Waals surface area contributed by atoms with Gasteiger partial charge in [-0.2, -0.15) is 13.2 Å². The smallest absolute Gasteiger partial charge is 0.434 e. The van der Waals surface area contributed by atoms with Crippen LogP contribution in [0.5, 0.6) is 0 Å². The topological polar surface area (TPSA) is 39.2 Å². The predicted molar refractivity (Wildman–Crippen MR) is 62.9 cm³/mol. The molecule has 9 heteroatoms. The van der Waals surface area contributed by atoms with E-state index in [1.54, 1.807) is 0 Å². The van der Waals surface area contributed by atoms with Crippen LogP contribution >= 0.6 is 22.6 Å². The first kappa shape index (κ1) is 16.1. The summed E-state index contributed by atoms with van der Waals surface area (Å²) in [5.41, 5.74) is -3.55. The van der Waals surface area contributed by atoms with Gasteiger partial charge in [0.2, 0.25) is 0 Å². The fourth-order valence-electron chi connectivity index (χ4n) is 1.24. The Balaban J connectivity index is 3.45. The molecule has 0 N–H and O–H groups in total. The van der Waals surface area contributed by atoms with E-state index >= 15 is 0 Å². The first-order valence-electron chi connectivity index (χ1n) is 4.91. The van der Waals surface area contributed by atoms with Gasteiger partial charge in [0.25, 0.3) is 6.43 Å². The van der Waals surface area contributed by atoms with Gasteiger partial charge in [0, 0.05) is 3.57 Å². The summed E-state index contributed by atoms with van der Waals surface area (Å²) in [5, 5.41) is 0. The Labute approximate surface area is 118 Å². The second-order valence-electron chi connectivity index (χ2n) is 3.27. The number of aromatic nitrogens is 1. The van der Waals surface area contributed by atoms with Crippen LogP contribution < -0.4 is 0 Å². The number of alkyl halides is 5. The molecule has 0 aliphatic heterocycles. The third kappa shape index (κ3) is 3.74.